The standard InChI is InChI=1S/C22H25N3O3S/c1-15-19(21(26)28-14-13-27-18-7-5-4-6-8-18)20(24-22(29)23-15)16-9-11-17(12-10-16)25(2)3/h4-12,19-20H,1,13-14H2,2-3H3,(H2,23,24,29)/t19-,20+/m1/s1. The molecule has 2 atom stereocenters. The maximum absolute atomic E-state index is 12.8. The van der Waals surface area contributed by atoms with Gasteiger partial charge in [0.05, 0.1) is 6.04 Å². The highest BCUT2D eigenvalue weighted by Crippen LogP contribution is 2.31. The summed E-state index contributed by atoms with van der Waals surface area (Å²) in [7, 11) is 3.96. The number of nitrogens with one attached hydrogen (secondary N) is 2. The van der Waals surface area contributed by atoms with Gasteiger partial charge in [0.25, 0.3) is 0 Å². The van der Waals surface area contributed by atoms with Crippen LogP contribution in [0.25, 0.3) is 0 Å². The average molecular weight is 412 g/mol. The minimum absolute atomic E-state index is 0.147. The Balaban J connectivity index is 1.65. The first-order chi connectivity index (χ1) is 14.0. The molecule has 1 heterocycles. The fourth-order valence-corrected chi connectivity index (χ4v) is 3.39. The van der Waals surface area contributed by atoms with E-state index in [4.69, 9.17) is 21.7 Å². The molecule has 1 aliphatic rings. The van der Waals surface area contributed by atoms with Crippen molar-refractivity contribution in [3.63, 3.8) is 0 Å². The van der Waals surface area contributed by atoms with E-state index in [0.717, 1.165) is 17.0 Å². The fraction of sp³-hybridized carbons (Fsp3) is 0.273. The Kier molecular flexibility index (Phi) is 6.72. The van der Waals surface area contributed by atoms with Crippen molar-refractivity contribution >= 4 is 29.0 Å². The minimum atomic E-state index is -0.608. The highest BCUT2D eigenvalue weighted by atomic mass is 32.1. The van der Waals surface area contributed by atoms with E-state index in [1.54, 1.807) is 0 Å². The van der Waals surface area contributed by atoms with E-state index in [1.807, 2.05) is 73.6 Å². The van der Waals surface area contributed by atoms with Gasteiger partial charge in [0.2, 0.25) is 0 Å². The third kappa shape index (κ3) is 5.26. The molecular weight excluding hydrogens is 386 g/mol. The third-order valence-electron chi connectivity index (χ3n) is 4.63. The van der Waals surface area contributed by atoms with Gasteiger partial charge in [-0.05, 0) is 42.0 Å². The van der Waals surface area contributed by atoms with Crippen LogP contribution in [-0.4, -0.2) is 38.4 Å². The van der Waals surface area contributed by atoms with E-state index in [1.165, 1.54) is 0 Å². The Hall–Kier alpha value is -3.06. The average Bonchev–Trinajstić information content (AvgIpc) is 2.71. The van der Waals surface area contributed by atoms with Crippen molar-refractivity contribution in [3.05, 3.63) is 72.4 Å². The summed E-state index contributed by atoms with van der Waals surface area (Å²) in [6.07, 6.45) is 0. The number of carbonyl (C=O) groups is 1. The van der Waals surface area contributed by atoms with E-state index in [2.05, 4.69) is 17.2 Å². The SMILES string of the molecule is C=C1NC(=S)N[C@@H](c2ccc(N(C)C)cc2)[C@@H]1C(=O)OCCOc1ccccc1. The van der Waals surface area contributed by atoms with Crippen LogP contribution in [0.3, 0.4) is 0 Å². The lowest BCUT2D eigenvalue weighted by Gasteiger charge is -2.35. The molecular formula is C22H25N3O3S. The second kappa shape index (κ2) is 9.43. The molecule has 2 N–H and O–H groups in total. The van der Waals surface area contributed by atoms with Crippen LogP contribution in [-0.2, 0) is 9.53 Å². The molecule has 0 aromatic heterocycles. The zero-order valence-corrected chi connectivity index (χ0v) is 17.4. The molecule has 1 aliphatic heterocycles. The number of benzene rings is 2. The molecule has 1 saturated heterocycles. The number of hydrogen-bond acceptors (Lipinski definition) is 5. The Bertz CT molecular complexity index is 869. The van der Waals surface area contributed by atoms with Crippen molar-refractivity contribution in [3.8, 4) is 5.75 Å². The van der Waals surface area contributed by atoms with Crippen molar-refractivity contribution in [1.82, 2.24) is 10.6 Å². The Morgan fingerprint density at radius 2 is 1.79 bits per heavy atom. The number of anilines is 1. The smallest absolute Gasteiger partial charge is 0.317 e. The number of rotatable bonds is 7. The first-order valence-electron chi connectivity index (χ1n) is 9.34. The van der Waals surface area contributed by atoms with Crippen LogP contribution in [0.1, 0.15) is 11.6 Å². The number of ether oxygens (including phenoxy) is 2. The van der Waals surface area contributed by atoms with E-state index < -0.39 is 5.92 Å². The predicted molar refractivity (Wildman–Crippen MR) is 118 cm³/mol. The van der Waals surface area contributed by atoms with Gasteiger partial charge >= 0.3 is 5.97 Å². The van der Waals surface area contributed by atoms with Crippen LogP contribution in [0.15, 0.2) is 66.9 Å². The molecule has 6 nitrogen and oxygen atoms in total. The van der Waals surface area contributed by atoms with Gasteiger partial charge < -0.3 is 25.0 Å². The van der Waals surface area contributed by atoms with E-state index in [0.29, 0.717) is 10.8 Å². The molecule has 0 aliphatic carbocycles. The number of carbonyl (C=O) groups excluding carboxylic acids is 1. The highest BCUT2D eigenvalue weighted by Gasteiger charge is 2.37. The predicted octanol–water partition coefficient (Wildman–Crippen LogP) is 3.02. The second-order valence-electron chi connectivity index (χ2n) is 6.89. The Morgan fingerprint density at radius 1 is 1.10 bits per heavy atom. The lowest BCUT2D eigenvalue weighted by atomic mass is 9.89. The van der Waals surface area contributed by atoms with E-state index in [-0.39, 0.29) is 25.2 Å². The molecule has 0 spiro atoms. The zero-order chi connectivity index (χ0) is 20.8. The minimum Gasteiger partial charge on any atom is -0.490 e. The summed E-state index contributed by atoms with van der Waals surface area (Å²) in [5.41, 5.74) is 2.52. The molecule has 2 aromatic rings. The lowest BCUT2D eigenvalue weighted by Crippen LogP contribution is -2.51. The second-order valence-corrected chi connectivity index (χ2v) is 7.30. The molecule has 29 heavy (non-hydrogen) atoms. The van der Waals surface area contributed by atoms with Crippen LogP contribution < -0.4 is 20.3 Å². The van der Waals surface area contributed by atoms with Crippen LogP contribution in [0.2, 0.25) is 0 Å². The van der Waals surface area contributed by atoms with Gasteiger partial charge in [-0.2, -0.15) is 0 Å². The third-order valence-corrected chi connectivity index (χ3v) is 4.85. The maximum Gasteiger partial charge on any atom is 0.317 e. The van der Waals surface area contributed by atoms with E-state index >= 15 is 0 Å². The fourth-order valence-electron chi connectivity index (χ4n) is 3.13. The summed E-state index contributed by atoms with van der Waals surface area (Å²) in [5, 5.41) is 6.55. The lowest BCUT2D eigenvalue weighted by molar-refractivity contribution is -0.149. The quantitative estimate of drug-likeness (QED) is 0.413. The highest BCUT2D eigenvalue weighted by molar-refractivity contribution is 7.80. The number of thiocarbonyl (C=S) groups is 1. The first kappa shape index (κ1) is 20.7. The summed E-state index contributed by atoms with van der Waals surface area (Å²) in [6.45, 7) is 4.41. The molecule has 0 saturated carbocycles. The summed E-state index contributed by atoms with van der Waals surface area (Å²) in [4.78, 5) is 14.8. The van der Waals surface area contributed by atoms with Crippen LogP contribution in [0.4, 0.5) is 5.69 Å². The summed E-state index contributed by atoms with van der Waals surface area (Å²) >= 11 is 5.26. The van der Waals surface area contributed by atoms with Gasteiger partial charge in [0, 0.05) is 25.5 Å². The number of hydrogen-bond donors (Lipinski definition) is 2. The summed E-state index contributed by atoms with van der Waals surface area (Å²) in [5.74, 6) is -0.252. The normalized spacial score (nSPS) is 18.4. The molecule has 0 amide bonds. The number of para-hydroxylation sites is 1. The molecule has 0 unspecified atom stereocenters. The van der Waals surface area contributed by atoms with Crippen LogP contribution in [0, 0.1) is 5.92 Å². The van der Waals surface area contributed by atoms with Crippen molar-refractivity contribution < 1.29 is 14.3 Å². The van der Waals surface area contributed by atoms with Gasteiger partial charge in [-0.15, -0.1) is 0 Å². The van der Waals surface area contributed by atoms with Crippen molar-refractivity contribution in [2.24, 2.45) is 5.92 Å². The number of nitrogens with zero attached hydrogens (tertiary/aromatic N) is 1. The summed E-state index contributed by atoms with van der Waals surface area (Å²) < 4.78 is 11.0. The molecule has 3 rings (SSSR count). The molecule has 1 fully saturated rings. The summed E-state index contributed by atoms with van der Waals surface area (Å²) in [6, 6.07) is 17.0. The first-order valence-corrected chi connectivity index (χ1v) is 9.74. The van der Waals surface area contributed by atoms with Crippen molar-refractivity contribution in [1.29, 1.82) is 0 Å². The van der Waals surface area contributed by atoms with Gasteiger partial charge in [0.15, 0.2) is 5.11 Å². The Morgan fingerprint density at radius 3 is 2.45 bits per heavy atom. The molecule has 7 heteroatoms. The largest absolute Gasteiger partial charge is 0.490 e. The van der Waals surface area contributed by atoms with Gasteiger partial charge in [-0.25, -0.2) is 0 Å². The Labute approximate surface area is 176 Å². The van der Waals surface area contributed by atoms with Crippen molar-refractivity contribution in [2.75, 3.05) is 32.2 Å². The van der Waals surface area contributed by atoms with Crippen LogP contribution >= 0.6 is 12.2 Å². The van der Waals surface area contributed by atoms with Crippen molar-refractivity contribution in [2.45, 2.75) is 6.04 Å². The molecule has 152 valence electrons. The van der Waals surface area contributed by atoms with Crippen LogP contribution in [0.5, 0.6) is 5.75 Å². The van der Waals surface area contributed by atoms with E-state index in [9.17, 15) is 4.79 Å². The topological polar surface area (TPSA) is 62.8 Å². The zero-order valence-electron chi connectivity index (χ0n) is 16.6. The number of esters is 1. The van der Waals surface area contributed by atoms with Gasteiger partial charge in [-0.1, -0.05) is 36.9 Å². The molecule has 2 aromatic carbocycles. The molecule has 0 radical (unpaired) electrons. The molecule has 0 bridgehead atoms. The van der Waals surface area contributed by atoms with Gasteiger partial charge in [-0.3, -0.25) is 4.79 Å². The maximum atomic E-state index is 12.8. The van der Waals surface area contributed by atoms with Gasteiger partial charge in [0.1, 0.15) is 24.9 Å². The monoisotopic (exact) mass is 411 g/mol.